The quantitative estimate of drug-likeness (QED) is 0.904. The highest BCUT2D eigenvalue weighted by molar-refractivity contribution is 5.30. The van der Waals surface area contributed by atoms with E-state index < -0.39 is 0 Å². The van der Waals surface area contributed by atoms with Crippen LogP contribution in [0.5, 0.6) is 0 Å². The maximum atomic E-state index is 5.84. The van der Waals surface area contributed by atoms with Crippen LogP contribution in [-0.4, -0.2) is 33.0 Å². The number of ether oxygens (including phenoxy) is 2. The van der Waals surface area contributed by atoms with E-state index in [9.17, 15) is 0 Å². The van der Waals surface area contributed by atoms with Crippen LogP contribution in [0.25, 0.3) is 0 Å². The van der Waals surface area contributed by atoms with Gasteiger partial charge in [-0.05, 0) is 36.9 Å². The van der Waals surface area contributed by atoms with Crippen molar-refractivity contribution in [1.29, 1.82) is 0 Å². The molecule has 104 valence electrons. The van der Waals surface area contributed by atoms with Gasteiger partial charge in [0.1, 0.15) is 6.10 Å². The monoisotopic (exact) mass is 261 g/mol. The van der Waals surface area contributed by atoms with E-state index in [1.54, 1.807) is 0 Å². The summed E-state index contributed by atoms with van der Waals surface area (Å²) in [6.45, 7) is 2.10. The van der Waals surface area contributed by atoms with E-state index in [0.29, 0.717) is 13.2 Å². The second-order valence-electron chi connectivity index (χ2n) is 5.55. The first-order valence-electron chi connectivity index (χ1n) is 7.35. The van der Waals surface area contributed by atoms with Gasteiger partial charge >= 0.3 is 0 Å². The van der Waals surface area contributed by atoms with Crippen molar-refractivity contribution in [3.63, 3.8) is 0 Å². The third kappa shape index (κ3) is 2.83. The van der Waals surface area contributed by atoms with Gasteiger partial charge in [0.25, 0.3) is 0 Å². The number of likely N-dealkylation sites (N-methyl/N-ethyl adjacent to an activating group) is 1. The Hall–Kier alpha value is -0.900. The molecule has 2 atom stereocenters. The number of hydrogen-bond donors (Lipinski definition) is 1. The molecule has 3 heteroatoms. The van der Waals surface area contributed by atoms with Gasteiger partial charge in [-0.15, -0.1) is 0 Å². The number of nitrogens with one attached hydrogen (secondary N) is 1. The summed E-state index contributed by atoms with van der Waals surface area (Å²) < 4.78 is 11.4. The molecule has 0 bridgehead atoms. The first-order valence-corrected chi connectivity index (χ1v) is 7.35. The molecule has 1 heterocycles. The summed E-state index contributed by atoms with van der Waals surface area (Å²) in [6, 6.07) is 9.21. The highest BCUT2D eigenvalue weighted by atomic mass is 16.6. The third-order valence-electron chi connectivity index (χ3n) is 4.37. The van der Waals surface area contributed by atoms with Gasteiger partial charge in [0.15, 0.2) is 0 Å². The summed E-state index contributed by atoms with van der Waals surface area (Å²) in [5.41, 5.74) is 2.81. The summed E-state index contributed by atoms with van der Waals surface area (Å²) >= 11 is 0. The molecule has 1 saturated heterocycles. The van der Waals surface area contributed by atoms with Gasteiger partial charge in [0.05, 0.1) is 25.9 Å². The predicted octanol–water partition coefficient (Wildman–Crippen LogP) is 2.63. The fraction of sp³-hybridized carbons (Fsp3) is 0.625. The van der Waals surface area contributed by atoms with Crippen LogP contribution in [0.4, 0.5) is 0 Å². The highest BCUT2D eigenvalue weighted by Crippen LogP contribution is 2.37. The van der Waals surface area contributed by atoms with Gasteiger partial charge in [0.2, 0.25) is 0 Å². The van der Waals surface area contributed by atoms with E-state index in [-0.39, 0.29) is 12.1 Å². The van der Waals surface area contributed by atoms with Crippen molar-refractivity contribution in [3.05, 3.63) is 35.4 Å². The molecular formula is C16H23NO2. The SMILES string of the molecule is CNC(c1cccc(C2CCC2)c1)C1COCCO1. The molecule has 2 fully saturated rings. The second-order valence-corrected chi connectivity index (χ2v) is 5.55. The summed E-state index contributed by atoms with van der Waals surface area (Å²) in [6.07, 6.45) is 4.19. The first kappa shape index (κ1) is 13.1. The molecule has 2 unspecified atom stereocenters. The lowest BCUT2D eigenvalue weighted by atomic mass is 9.79. The van der Waals surface area contributed by atoms with Gasteiger partial charge in [-0.2, -0.15) is 0 Å². The Labute approximate surface area is 115 Å². The Morgan fingerprint density at radius 3 is 2.79 bits per heavy atom. The van der Waals surface area contributed by atoms with E-state index in [1.807, 2.05) is 7.05 Å². The van der Waals surface area contributed by atoms with Crippen molar-refractivity contribution in [2.24, 2.45) is 0 Å². The van der Waals surface area contributed by atoms with Gasteiger partial charge in [-0.1, -0.05) is 30.7 Å². The topological polar surface area (TPSA) is 30.5 Å². The molecule has 0 aromatic heterocycles. The van der Waals surface area contributed by atoms with E-state index in [0.717, 1.165) is 12.5 Å². The zero-order valence-electron chi connectivity index (χ0n) is 11.6. The first-order chi connectivity index (χ1) is 9.38. The molecule has 3 nitrogen and oxygen atoms in total. The highest BCUT2D eigenvalue weighted by Gasteiger charge is 2.26. The molecule has 2 aliphatic rings. The number of hydrogen-bond acceptors (Lipinski definition) is 3. The molecule has 1 aromatic carbocycles. The summed E-state index contributed by atoms with van der Waals surface area (Å²) in [5, 5.41) is 3.39. The molecule has 0 amide bonds. The Balaban J connectivity index is 1.77. The van der Waals surface area contributed by atoms with Crippen molar-refractivity contribution in [2.45, 2.75) is 37.3 Å². The normalized spacial score (nSPS) is 25.8. The molecule has 1 aliphatic heterocycles. The summed E-state index contributed by atoms with van der Waals surface area (Å²) in [7, 11) is 2.00. The average molecular weight is 261 g/mol. The van der Waals surface area contributed by atoms with Gasteiger partial charge in [-0.25, -0.2) is 0 Å². The Morgan fingerprint density at radius 1 is 1.26 bits per heavy atom. The van der Waals surface area contributed by atoms with Crippen LogP contribution in [0.2, 0.25) is 0 Å². The van der Waals surface area contributed by atoms with Crippen LogP contribution in [0.3, 0.4) is 0 Å². The van der Waals surface area contributed by atoms with E-state index in [1.165, 1.54) is 30.4 Å². The van der Waals surface area contributed by atoms with E-state index in [2.05, 4.69) is 29.6 Å². The van der Waals surface area contributed by atoms with Crippen LogP contribution in [-0.2, 0) is 9.47 Å². The molecule has 0 radical (unpaired) electrons. The number of benzene rings is 1. The van der Waals surface area contributed by atoms with Gasteiger partial charge < -0.3 is 14.8 Å². The molecule has 1 aliphatic carbocycles. The van der Waals surface area contributed by atoms with Crippen molar-refractivity contribution in [2.75, 3.05) is 26.9 Å². The summed E-state index contributed by atoms with van der Waals surface area (Å²) in [5.74, 6) is 0.779. The maximum Gasteiger partial charge on any atom is 0.100 e. The fourth-order valence-electron chi connectivity index (χ4n) is 3.01. The predicted molar refractivity (Wildman–Crippen MR) is 75.4 cm³/mol. The van der Waals surface area contributed by atoms with Gasteiger partial charge in [0, 0.05) is 0 Å². The maximum absolute atomic E-state index is 5.84. The minimum Gasteiger partial charge on any atom is -0.376 e. The lowest BCUT2D eigenvalue weighted by Gasteiger charge is -2.32. The minimum atomic E-state index is 0.121. The second kappa shape index (κ2) is 6.04. The molecule has 1 N–H and O–H groups in total. The average Bonchev–Trinajstić information content (AvgIpc) is 2.39. The molecule has 0 spiro atoms. The molecule has 19 heavy (non-hydrogen) atoms. The van der Waals surface area contributed by atoms with Crippen molar-refractivity contribution < 1.29 is 9.47 Å². The third-order valence-corrected chi connectivity index (χ3v) is 4.37. The lowest BCUT2D eigenvalue weighted by Crippen LogP contribution is -2.39. The Morgan fingerprint density at radius 2 is 2.16 bits per heavy atom. The number of rotatable bonds is 4. The van der Waals surface area contributed by atoms with Crippen molar-refractivity contribution in [3.8, 4) is 0 Å². The lowest BCUT2D eigenvalue weighted by molar-refractivity contribution is -0.101. The zero-order chi connectivity index (χ0) is 13.1. The Bertz CT molecular complexity index is 411. The van der Waals surface area contributed by atoms with Crippen molar-refractivity contribution in [1.82, 2.24) is 5.32 Å². The van der Waals surface area contributed by atoms with Crippen LogP contribution >= 0.6 is 0 Å². The zero-order valence-corrected chi connectivity index (χ0v) is 11.6. The molecular weight excluding hydrogens is 238 g/mol. The standard InChI is InChI=1S/C16H23NO2/c1-17-16(15-11-18-8-9-19-15)14-7-3-6-13(10-14)12-4-2-5-12/h3,6-7,10,12,15-17H,2,4-5,8-9,11H2,1H3. The van der Waals surface area contributed by atoms with E-state index >= 15 is 0 Å². The molecule has 1 saturated carbocycles. The van der Waals surface area contributed by atoms with Crippen LogP contribution in [0, 0.1) is 0 Å². The summed E-state index contributed by atoms with van der Waals surface area (Å²) in [4.78, 5) is 0. The van der Waals surface area contributed by atoms with Crippen LogP contribution in [0.1, 0.15) is 42.3 Å². The Kier molecular flexibility index (Phi) is 4.16. The minimum absolute atomic E-state index is 0.121. The fourth-order valence-corrected chi connectivity index (χ4v) is 3.01. The van der Waals surface area contributed by atoms with Gasteiger partial charge in [-0.3, -0.25) is 0 Å². The van der Waals surface area contributed by atoms with E-state index in [4.69, 9.17) is 9.47 Å². The van der Waals surface area contributed by atoms with Crippen LogP contribution in [0.15, 0.2) is 24.3 Å². The smallest absolute Gasteiger partial charge is 0.100 e. The van der Waals surface area contributed by atoms with Crippen LogP contribution < -0.4 is 5.32 Å². The van der Waals surface area contributed by atoms with Crippen molar-refractivity contribution >= 4 is 0 Å². The molecule has 3 rings (SSSR count). The largest absolute Gasteiger partial charge is 0.376 e. The molecule has 1 aromatic rings.